The van der Waals surface area contributed by atoms with E-state index in [1.807, 2.05) is 6.92 Å². The molecule has 6 heteroatoms. The summed E-state index contributed by atoms with van der Waals surface area (Å²) in [5.41, 5.74) is 7.46. The Bertz CT molecular complexity index is 452. The standard InChI is InChI=1S/C14H22FN3O2/c1-11-9-13(15)4-3-12(11)10-18(7-8-20-2)6-5-14(16)17-19/h3-4,9,19H,5-8,10H2,1-2H3,(H2,16,17). The van der Waals surface area contributed by atoms with Gasteiger partial charge in [0.05, 0.1) is 6.61 Å². The Kier molecular flexibility index (Phi) is 6.97. The van der Waals surface area contributed by atoms with Crippen molar-refractivity contribution in [3.63, 3.8) is 0 Å². The molecule has 0 spiro atoms. The van der Waals surface area contributed by atoms with E-state index >= 15 is 0 Å². The van der Waals surface area contributed by atoms with E-state index in [4.69, 9.17) is 15.7 Å². The van der Waals surface area contributed by atoms with Gasteiger partial charge in [-0.05, 0) is 30.2 Å². The van der Waals surface area contributed by atoms with Crippen molar-refractivity contribution in [2.75, 3.05) is 26.8 Å². The maximum absolute atomic E-state index is 13.1. The summed E-state index contributed by atoms with van der Waals surface area (Å²) >= 11 is 0. The molecular weight excluding hydrogens is 261 g/mol. The van der Waals surface area contributed by atoms with Gasteiger partial charge in [-0.3, -0.25) is 4.90 Å². The Morgan fingerprint density at radius 2 is 2.20 bits per heavy atom. The minimum absolute atomic E-state index is 0.197. The monoisotopic (exact) mass is 283 g/mol. The summed E-state index contributed by atoms with van der Waals surface area (Å²) in [6, 6.07) is 4.77. The molecule has 20 heavy (non-hydrogen) atoms. The third-order valence-corrected chi connectivity index (χ3v) is 3.12. The van der Waals surface area contributed by atoms with Crippen LogP contribution in [0.15, 0.2) is 23.4 Å². The van der Waals surface area contributed by atoms with Gasteiger partial charge < -0.3 is 15.7 Å². The smallest absolute Gasteiger partial charge is 0.140 e. The Balaban J connectivity index is 2.67. The summed E-state index contributed by atoms with van der Waals surface area (Å²) in [6.07, 6.45) is 0.473. The van der Waals surface area contributed by atoms with Crippen LogP contribution in [0.4, 0.5) is 4.39 Å². The molecule has 0 aliphatic heterocycles. The first-order valence-corrected chi connectivity index (χ1v) is 6.49. The molecule has 0 amide bonds. The average Bonchev–Trinajstić information content (AvgIpc) is 2.43. The zero-order chi connectivity index (χ0) is 15.0. The van der Waals surface area contributed by atoms with Crippen molar-refractivity contribution in [1.29, 1.82) is 0 Å². The molecule has 0 bridgehead atoms. The molecule has 0 saturated carbocycles. The van der Waals surface area contributed by atoms with Crippen molar-refractivity contribution in [2.24, 2.45) is 10.9 Å². The summed E-state index contributed by atoms with van der Waals surface area (Å²) in [6.45, 7) is 4.53. The number of aryl methyl sites for hydroxylation is 1. The summed E-state index contributed by atoms with van der Waals surface area (Å²) in [7, 11) is 1.64. The molecule has 0 aliphatic carbocycles. The Labute approximate surface area is 118 Å². The summed E-state index contributed by atoms with van der Waals surface area (Å²) in [5, 5.41) is 11.5. The zero-order valence-electron chi connectivity index (χ0n) is 12.0. The van der Waals surface area contributed by atoms with Crippen molar-refractivity contribution >= 4 is 5.84 Å². The third-order valence-electron chi connectivity index (χ3n) is 3.12. The number of rotatable bonds is 8. The van der Waals surface area contributed by atoms with Gasteiger partial charge in [-0.25, -0.2) is 4.39 Å². The molecule has 0 unspecified atom stereocenters. The highest BCUT2D eigenvalue weighted by Crippen LogP contribution is 2.13. The maximum Gasteiger partial charge on any atom is 0.140 e. The second kappa shape index (κ2) is 8.50. The van der Waals surface area contributed by atoms with Gasteiger partial charge in [0.1, 0.15) is 11.7 Å². The quantitative estimate of drug-likeness (QED) is 0.330. The Morgan fingerprint density at radius 1 is 1.45 bits per heavy atom. The predicted molar refractivity (Wildman–Crippen MR) is 76.3 cm³/mol. The van der Waals surface area contributed by atoms with E-state index in [2.05, 4.69) is 10.1 Å². The van der Waals surface area contributed by atoms with Crippen LogP contribution in [-0.2, 0) is 11.3 Å². The lowest BCUT2D eigenvalue weighted by Crippen LogP contribution is -2.31. The first-order valence-electron chi connectivity index (χ1n) is 6.49. The predicted octanol–water partition coefficient (Wildman–Crippen LogP) is 1.72. The van der Waals surface area contributed by atoms with Gasteiger partial charge in [0.15, 0.2) is 0 Å². The van der Waals surface area contributed by atoms with Crippen molar-refractivity contribution in [3.8, 4) is 0 Å². The number of hydrogen-bond acceptors (Lipinski definition) is 4. The van der Waals surface area contributed by atoms with E-state index in [-0.39, 0.29) is 11.7 Å². The fraction of sp³-hybridized carbons (Fsp3) is 0.500. The van der Waals surface area contributed by atoms with Gasteiger partial charge in [0.25, 0.3) is 0 Å². The molecule has 0 radical (unpaired) electrons. The summed E-state index contributed by atoms with van der Waals surface area (Å²) in [5.74, 6) is -0.0328. The van der Waals surface area contributed by atoms with Crippen LogP contribution in [0.2, 0.25) is 0 Å². The molecule has 3 N–H and O–H groups in total. The van der Waals surface area contributed by atoms with Gasteiger partial charge >= 0.3 is 0 Å². The maximum atomic E-state index is 13.1. The molecule has 0 atom stereocenters. The first kappa shape index (κ1) is 16.4. The first-order chi connectivity index (χ1) is 9.56. The Morgan fingerprint density at radius 3 is 2.80 bits per heavy atom. The number of amidine groups is 1. The van der Waals surface area contributed by atoms with Crippen molar-refractivity contribution in [3.05, 3.63) is 35.1 Å². The molecule has 5 nitrogen and oxygen atoms in total. The van der Waals surface area contributed by atoms with Crippen LogP contribution in [0.5, 0.6) is 0 Å². The van der Waals surface area contributed by atoms with E-state index in [0.717, 1.165) is 17.7 Å². The molecule has 1 aromatic carbocycles. The molecule has 0 saturated heterocycles. The van der Waals surface area contributed by atoms with Gasteiger partial charge in [-0.1, -0.05) is 11.2 Å². The number of hydrogen-bond donors (Lipinski definition) is 2. The largest absolute Gasteiger partial charge is 0.409 e. The molecule has 0 heterocycles. The molecular formula is C14H22FN3O2. The van der Waals surface area contributed by atoms with Crippen molar-refractivity contribution in [1.82, 2.24) is 4.90 Å². The second-order valence-corrected chi connectivity index (χ2v) is 4.68. The van der Waals surface area contributed by atoms with E-state index in [1.165, 1.54) is 12.1 Å². The molecule has 112 valence electrons. The topological polar surface area (TPSA) is 71.1 Å². The second-order valence-electron chi connectivity index (χ2n) is 4.68. The molecule has 0 aliphatic rings. The number of nitrogens with zero attached hydrogens (tertiary/aromatic N) is 2. The van der Waals surface area contributed by atoms with E-state index in [9.17, 15) is 4.39 Å². The average molecular weight is 283 g/mol. The Hall–Kier alpha value is -1.66. The summed E-state index contributed by atoms with van der Waals surface area (Å²) < 4.78 is 18.2. The lowest BCUT2D eigenvalue weighted by molar-refractivity contribution is 0.145. The van der Waals surface area contributed by atoms with Crippen LogP contribution in [-0.4, -0.2) is 42.7 Å². The molecule has 0 fully saturated rings. The highest BCUT2D eigenvalue weighted by atomic mass is 19.1. The minimum atomic E-state index is -0.230. The van der Waals surface area contributed by atoms with Gasteiger partial charge in [-0.15, -0.1) is 0 Å². The van der Waals surface area contributed by atoms with Crippen LogP contribution in [0, 0.1) is 12.7 Å². The van der Waals surface area contributed by atoms with Gasteiger partial charge in [-0.2, -0.15) is 0 Å². The van der Waals surface area contributed by atoms with E-state index in [1.54, 1.807) is 13.2 Å². The fourth-order valence-electron chi connectivity index (χ4n) is 1.89. The zero-order valence-corrected chi connectivity index (χ0v) is 12.0. The summed E-state index contributed by atoms with van der Waals surface area (Å²) in [4.78, 5) is 2.13. The van der Waals surface area contributed by atoms with Gasteiger partial charge in [0.2, 0.25) is 0 Å². The molecule has 1 rings (SSSR count). The highest BCUT2D eigenvalue weighted by molar-refractivity contribution is 5.79. The number of halogens is 1. The van der Waals surface area contributed by atoms with E-state index < -0.39 is 0 Å². The SMILES string of the molecule is COCCN(CC/C(N)=N/O)Cc1ccc(F)cc1C. The van der Waals surface area contributed by atoms with Gasteiger partial charge in [0, 0.05) is 33.2 Å². The van der Waals surface area contributed by atoms with Crippen LogP contribution < -0.4 is 5.73 Å². The van der Waals surface area contributed by atoms with Crippen molar-refractivity contribution in [2.45, 2.75) is 19.9 Å². The van der Waals surface area contributed by atoms with Crippen LogP contribution in [0.3, 0.4) is 0 Å². The number of ether oxygens (including phenoxy) is 1. The minimum Gasteiger partial charge on any atom is -0.409 e. The normalized spacial score (nSPS) is 12.1. The fourth-order valence-corrected chi connectivity index (χ4v) is 1.89. The number of methoxy groups -OCH3 is 1. The van der Waals surface area contributed by atoms with Crippen molar-refractivity contribution < 1.29 is 14.3 Å². The molecule has 0 aromatic heterocycles. The lowest BCUT2D eigenvalue weighted by atomic mass is 10.1. The number of oxime groups is 1. The number of nitrogens with two attached hydrogens (primary N) is 1. The number of benzene rings is 1. The van der Waals surface area contributed by atoms with E-state index in [0.29, 0.717) is 26.1 Å². The molecule has 1 aromatic rings. The van der Waals surface area contributed by atoms with Crippen LogP contribution in [0.25, 0.3) is 0 Å². The van der Waals surface area contributed by atoms with Crippen LogP contribution in [0.1, 0.15) is 17.5 Å². The highest BCUT2D eigenvalue weighted by Gasteiger charge is 2.09. The third kappa shape index (κ3) is 5.54. The van der Waals surface area contributed by atoms with Crippen LogP contribution >= 0.6 is 0 Å². The lowest BCUT2D eigenvalue weighted by Gasteiger charge is -2.22.